The van der Waals surface area contributed by atoms with Crippen molar-refractivity contribution in [3.8, 4) is 5.75 Å². The van der Waals surface area contributed by atoms with Crippen LogP contribution in [0.2, 0.25) is 0 Å². The van der Waals surface area contributed by atoms with E-state index in [0.717, 1.165) is 24.0 Å². The summed E-state index contributed by atoms with van der Waals surface area (Å²) < 4.78 is 40.0. The van der Waals surface area contributed by atoms with Crippen molar-refractivity contribution >= 4 is 23.9 Å². The number of hydrogen-bond donors (Lipinski definition) is 0. The summed E-state index contributed by atoms with van der Waals surface area (Å²) in [6.07, 6.45) is -4.21. The molecule has 0 N–H and O–H groups in total. The summed E-state index contributed by atoms with van der Waals surface area (Å²) in [6.45, 7) is 6.68. The Balaban J connectivity index is 1.77. The van der Waals surface area contributed by atoms with Crippen molar-refractivity contribution in [2.24, 2.45) is 0 Å². The molecule has 2 aromatic carbocycles. The van der Waals surface area contributed by atoms with E-state index in [4.69, 9.17) is 33.2 Å². The highest BCUT2D eigenvalue weighted by Crippen LogP contribution is 2.42. The largest absolute Gasteiger partial charge is 0.467 e. The minimum absolute atomic E-state index is 0.0623. The Labute approximate surface area is 244 Å². The van der Waals surface area contributed by atoms with Crippen LogP contribution in [0, 0.1) is 0 Å². The molecular weight excluding hydrogens is 548 g/mol. The molecule has 0 spiro atoms. The van der Waals surface area contributed by atoms with Crippen molar-refractivity contribution in [2.45, 2.75) is 84.1 Å². The quantitative estimate of drug-likeness (QED) is 0.314. The highest BCUT2D eigenvalue weighted by Gasteiger charge is 2.52. The summed E-state index contributed by atoms with van der Waals surface area (Å²) >= 11 is 0. The molecule has 0 saturated carbocycles. The maximum Gasteiger partial charge on any atom is 0.303 e. The summed E-state index contributed by atoms with van der Waals surface area (Å²) in [5, 5.41) is 0. The van der Waals surface area contributed by atoms with Crippen LogP contribution in [0.1, 0.15) is 75.5 Å². The number of hydrogen-bond acceptors (Lipinski definition) is 11. The van der Waals surface area contributed by atoms with Gasteiger partial charge in [0.25, 0.3) is 0 Å². The van der Waals surface area contributed by atoms with Gasteiger partial charge in [0.15, 0.2) is 25.1 Å². The molecule has 2 aromatic rings. The van der Waals surface area contributed by atoms with E-state index in [1.807, 2.05) is 18.2 Å². The highest BCUT2D eigenvalue weighted by molar-refractivity contribution is 5.69. The average Bonchev–Trinajstić information content (AvgIpc) is 2.93. The molecule has 2 aliphatic heterocycles. The summed E-state index contributed by atoms with van der Waals surface area (Å²) in [7, 11) is 0. The molecule has 0 radical (unpaired) electrons. The summed E-state index contributed by atoms with van der Waals surface area (Å²) in [6, 6.07) is 13.5. The van der Waals surface area contributed by atoms with E-state index in [1.54, 1.807) is 12.1 Å². The highest BCUT2D eigenvalue weighted by atomic mass is 16.7. The van der Waals surface area contributed by atoms with Crippen molar-refractivity contribution in [2.75, 3.05) is 13.4 Å². The first-order chi connectivity index (χ1) is 20.1. The minimum atomic E-state index is -1.26. The molecule has 42 heavy (non-hydrogen) atoms. The topological polar surface area (TPSA) is 133 Å². The van der Waals surface area contributed by atoms with E-state index >= 15 is 0 Å². The predicted octanol–water partition coefficient (Wildman–Crippen LogP) is 3.89. The number of benzene rings is 2. The second-order valence-corrected chi connectivity index (χ2v) is 10.2. The average molecular weight is 585 g/mol. The normalized spacial score (nSPS) is 24.9. The van der Waals surface area contributed by atoms with Crippen LogP contribution >= 0.6 is 0 Å². The van der Waals surface area contributed by atoms with Gasteiger partial charge in [-0.25, -0.2) is 0 Å². The van der Waals surface area contributed by atoms with Gasteiger partial charge in [0, 0.05) is 33.3 Å². The molecule has 11 nitrogen and oxygen atoms in total. The van der Waals surface area contributed by atoms with Crippen LogP contribution in [0.25, 0.3) is 0 Å². The number of rotatable bonds is 9. The van der Waals surface area contributed by atoms with E-state index in [9.17, 15) is 19.2 Å². The molecular formula is C31H36O11. The lowest BCUT2D eigenvalue weighted by Gasteiger charge is -2.44. The smallest absolute Gasteiger partial charge is 0.303 e. The summed E-state index contributed by atoms with van der Waals surface area (Å²) in [5.41, 5.74) is 3.42. The lowest BCUT2D eigenvalue weighted by molar-refractivity contribution is -0.254. The molecule has 0 aromatic heterocycles. The molecule has 4 rings (SSSR count). The van der Waals surface area contributed by atoms with Crippen LogP contribution < -0.4 is 4.74 Å². The van der Waals surface area contributed by atoms with Crippen LogP contribution in [0.3, 0.4) is 0 Å². The molecule has 0 bridgehead atoms. The second kappa shape index (κ2) is 13.8. The number of fused-ring (bicyclic) bond motifs is 1. The third-order valence-corrected chi connectivity index (χ3v) is 6.91. The van der Waals surface area contributed by atoms with Gasteiger partial charge in [-0.1, -0.05) is 43.7 Å². The molecule has 2 heterocycles. The van der Waals surface area contributed by atoms with Gasteiger partial charge in [-0.2, -0.15) is 0 Å². The Morgan fingerprint density at radius 3 is 2.02 bits per heavy atom. The zero-order chi connectivity index (χ0) is 30.4. The summed E-state index contributed by atoms with van der Waals surface area (Å²) in [4.78, 5) is 48.1. The van der Waals surface area contributed by atoms with Crippen molar-refractivity contribution in [3.05, 3.63) is 64.7 Å². The first-order valence-electron chi connectivity index (χ1n) is 13.8. The SMILES string of the molecule is CCCc1ccc(C2OCOc3ccc(C4OC(COC(C)=O)C(OC(C)=O)C(OC(C)=O)C4OC(C)=O)cc32)cc1. The van der Waals surface area contributed by atoms with Crippen LogP contribution in [-0.2, 0) is 54.0 Å². The van der Waals surface area contributed by atoms with Gasteiger partial charge >= 0.3 is 23.9 Å². The molecule has 1 saturated heterocycles. The monoisotopic (exact) mass is 584 g/mol. The number of esters is 4. The van der Waals surface area contributed by atoms with Crippen LogP contribution in [0.15, 0.2) is 42.5 Å². The molecule has 0 aliphatic carbocycles. The number of ether oxygens (including phenoxy) is 7. The van der Waals surface area contributed by atoms with Crippen molar-refractivity contribution in [1.82, 2.24) is 0 Å². The second-order valence-electron chi connectivity index (χ2n) is 10.2. The van der Waals surface area contributed by atoms with E-state index in [2.05, 4.69) is 19.1 Å². The van der Waals surface area contributed by atoms with Crippen LogP contribution in [0.5, 0.6) is 5.75 Å². The Kier molecular flexibility index (Phi) is 10.2. The Morgan fingerprint density at radius 2 is 1.40 bits per heavy atom. The first kappa shape index (κ1) is 31.0. The van der Waals surface area contributed by atoms with Gasteiger partial charge in [-0.15, -0.1) is 0 Å². The van der Waals surface area contributed by atoms with Gasteiger partial charge in [-0.3, -0.25) is 19.2 Å². The Morgan fingerprint density at radius 1 is 0.786 bits per heavy atom. The predicted molar refractivity (Wildman–Crippen MR) is 146 cm³/mol. The Bertz CT molecular complexity index is 1290. The van der Waals surface area contributed by atoms with Gasteiger partial charge < -0.3 is 33.2 Å². The molecule has 6 atom stereocenters. The van der Waals surface area contributed by atoms with Gasteiger partial charge in [-0.05, 0) is 35.2 Å². The van der Waals surface area contributed by atoms with Crippen LogP contribution in [0.4, 0.5) is 0 Å². The van der Waals surface area contributed by atoms with E-state index in [0.29, 0.717) is 11.3 Å². The van der Waals surface area contributed by atoms with Crippen molar-refractivity contribution in [3.63, 3.8) is 0 Å². The molecule has 11 heteroatoms. The lowest BCUT2D eigenvalue weighted by Crippen LogP contribution is -2.59. The molecule has 6 unspecified atom stereocenters. The van der Waals surface area contributed by atoms with E-state index in [-0.39, 0.29) is 13.4 Å². The van der Waals surface area contributed by atoms with Gasteiger partial charge in [0.05, 0.1) is 0 Å². The standard InChI is InChI=1S/C31H36O11/c1-6-7-21-8-10-22(11-9-21)27-24-14-23(12-13-25(24)37-16-38-27)28-30(40-19(4)34)31(41-20(5)35)29(39-18(3)33)26(42-28)15-36-17(2)32/h8-14,26-31H,6-7,15-16H2,1-5H3. The zero-order valence-electron chi connectivity index (χ0n) is 24.3. The minimum Gasteiger partial charge on any atom is -0.467 e. The maximum atomic E-state index is 12.3. The van der Waals surface area contributed by atoms with Crippen molar-refractivity contribution < 1.29 is 52.3 Å². The zero-order valence-corrected chi connectivity index (χ0v) is 24.3. The summed E-state index contributed by atoms with van der Waals surface area (Å²) in [5.74, 6) is -2.03. The number of carbonyl (C=O) groups excluding carboxylic acids is 4. The molecule has 226 valence electrons. The number of carbonyl (C=O) groups is 4. The maximum absolute atomic E-state index is 12.3. The molecule has 0 amide bonds. The van der Waals surface area contributed by atoms with Gasteiger partial charge in [0.2, 0.25) is 0 Å². The van der Waals surface area contributed by atoms with Gasteiger partial charge in [0.1, 0.15) is 30.7 Å². The van der Waals surface area contributed by atoms with Crippen LogP contribution in [-0.4, -0.2) is 61.7 Å². The van der Waals surface area contributed by atoms with E-state index in [1.165, 1.54) is 33.3 Å². The lowest BCUT2D eigenvalue weighted by atomic mass is 9.88. The fourth-order valence-electron chi connectivity index (χ4n) is 5.26. The fraction of sp³-hybridized carbons (Fsp3) is 0.484. The third-order valence-electron chi connectivity index (χ3n) is 6.91. The fourth-order valence-corrected chi connectivity index (χ4v) is 5.26. The Hall–Kier alpha value is -3.96. The first-order valence-corrected chi connectivity index (χ1v) is 13.8. The van der Waals surface area contributed by atoms with E-state index < -0.39 is 60.5 Å². The molecule has 2 aliphatic rings. The third kappa shape index (κ3) is 7.46. The van der Waals surface area contributed by atoms with Crippen molar-refractivity contribution in [1.29, 1.82) is 0 Å². The number of aryl methyl sites for hydroxylation is 1. The molecule has 1 fully saturated rings.